The molecular formula is C13H14N4O2S2. The van der Waals surface area contributed by atoms with Crippen molar-refractivity contribution in [3.63, 3.8) is 0 Å². The fraction of sp³-hybridized carbons (Fsp3) is 0.538. The summed E-state index contributed by atoms with van der Waals surface area (Å²) in [5.74, 6) is 1.42. The van der Waals surface area contributed by atoms with Crippen LogP contribution in [0.1, 0.15) is 59.0 Å². The quantitative estimate of drug-likeness (QED) is 0.824. The highest BCUT2D eigenvalue weighted by Crippen LogP contribution is 2.46. The average Bonchev–Trinajstić information content (AvgIpc) is 3.39. The number of carbonyl (C=O) groups is 1. The van der Waals surface area contributed by atoms with E-state index in [1.165, 1.54) is 37.0 Å². The summed E-state index contributed by atoms with van der Waals surface area (Å²) in [5.41, 5.74) is 0.792. The zero-order valence-corrected chi connectivity index (χ0v) is 12.9. The van der Waals surface area contributed by atoms with Gasteiger partial charge in [0.1, 0.15) is 5.82 Å². The van der Waals surface area contributed by atoms with Crippen LogP contribution < -0.4 is 0 Å². The Hall–Kier alpha value is -1.41. The second-order valence-corrected chi connectivity index (χ2v) is 7.25. The average molecular weight is 322 g/mol. The molecule has 2 aromatic heterocycles. The summed E-state index contributed by atoms with van der Waals surface area (Å²) in [6.45, 7) is 0. The third kappa shape index (κ3) is 2.69. The molecule has 2 heterocycles. The van der Waals surface area contributed by atoms with Gasteiger partial charge in [-0.2, -0.15) is 0 Å². The van der Waals surface area contributed by atoms with Crippen LogP contribution in [0.25, 0.3) is 0 Å². The first kappa shape index (κ1) is 13.3. The summed E-state index contributed by atoms with van der Waals surface area (Å²) >= 11 is 2.77. The van der Waals surface area contributed by atoms with E-state index >= 15 is 0 Å². The van der Waals surface area contributed by atoms with E-state index in [0.717, 1.165) is 16.7 Å². The molecule has 0 unspecified atom stereocenters. The van der Waals surface area contributed by atoms with Crippen molar-refractivity contribution in [2.75, 3.05) is 0 Å². The molecule has 0 bridgehead atoms. The lowest BCUT2D eigenvalue weighted by molar-refractivity contribution is 0.0696. The van der Waals surface area contributed by atoms with E-state index in [1.807, 2.05) is 0 Å². The molecule has 2 fully saturated rings. The molecule has 0 saturated heterocycles. The van der Waals surface area contributed by atoms with Gasteiger partial charge in [-0.25, -0.2) is 9.78 Å². The number of carboxylic acid groups (broad SMARTS) is 1. The van der Waals surface area contributed by atoms with E-state index in [-0.39, 0.29) is 5.01 Å². The Morgan fingerprint density at radius 2 is 2.19 bits per heavy atom. The second-order valence-electron chi connectivity index (χ2n) is 5.45. The van der Waals surface area contributed by atoms with Crippen molar-refractivity contribution in [3.05, 3.63) is 21.9 Å². The highest BCUT2D eigenvalue weighted by atomic mass is 32.2. The highest BCUT2D eigenvalue weighted by Gasteiger charge is 2.36. The van der Waals surface area contributed by atoms with Crippen LogP contribution in [0.4, 0.5) is 0 Å². The van der Waals surface area contributed by atoms with E-state index in [0.29, 0.717) is 17.7 Å². The van der Waals surface area contributed by atoms with Crippen LogP contribution in [0, 0.1) is 0 Å². The van der Waals surface area contributed by atoms with E-state index in [2.05, 4.69) is 19.7 Å². The fourth-order valence-electron chi connectivity index (χ4n) is 2.29. The molecule has 0 spiro atoms. The lowest BCUT2D eigenvalue weighted by atomic mass is 10.4. The van der Waals surface area contributed by atoms with Crippen molar-refractivity contribution < 1.29 is 9.90 Å². The zero-order valence-electron chi connectivity index (χ0n) is 11.2. The zero-order chi connectivity index (χ0) is 14.4. The standard InChI is InChI=1S/C13H14N4O2S2/c18-12(19)11-14-8(5-20-11)6-21-13-16-15-10(7-1-2-7)17(13)9-3-4-9/h5,7,9H,1-4,6H2,(H,18,19). The summed E-state index contributed by atoms with van der Waals surface area (Å²) in [6.07, 6.45) is 4.88. The second kappa shape index (κ2) is 5.10. The molecule has 2 aliphatic rings. The summed E-state index contributed by atoms with van der Waals surface area (Å²) in [5, 5.41) is 20.5. The van der Waals surface area contributed by atoms with Crippen molar-refractivity contribution in [1.82, 2.24) is 19.7 Å². The van der Waals surface area contributed by atoms with Gasteiger partial charge in [0, 0.05) is 23.1 Å². The van der Waals surface area contributed by atoms with Gasteiger partial charge in [0.15, 0.2) is 5.16 Å². The van der Waals surface area contributed by atoms with Gasteiger partial charge < -0.3 is 9.67 Å². The Morgan fingerprint density at radius 1 is 1.38 bits per heavy atom. The summed E-state index contributed by atoms with van der Waals surface area (Å²) in [7, 11) is 0. The molecule has 0 atom stereocenters. The lowest BCUT2D eigenvalue weighted by Gasteiger charge is -2.07. The Kier molecular flexibility index (Phi) is 3.22. The summed E-state index contributed by atoms with van der Waals surface area (Å²) in [6, 6.07) is 0.572. The number of nitrogens with zero attached hydrogens (tertiary/aromatic N) is 4. The third-order valence-electron chi connectivity index (χ3n) is 3.63. The largest absolute Gasteiger partial charge is 0.476 e. The van der Waals surface area contributed by atoms with Crippen molar-refractivity contribution in [1.29, 1.82) is 0 Å². The fourth-order valence-corrected chi connectivity index (χ4v) is 3.96. The van der Waals surface area contributed by atoms with Crippen LogP contribution in [0.3, 0.4) is 0 Å². The van der Waals surface area contributed by atoms with Crippen molar-refractivity contribution >= 4 is 29.1 Å². The monoisotopic (exact) mass is 322 g/mol. The topological polar surface area (TPSA) is 80.9 Å². The van der Waals surface area contributed by atoms with E-state index in [9.17, 15) is 4.79 Å². The highest BCUT2D eigenvalue weighted by molar-refractivity contribution is 7.98. The summed E-state index contributed by atoms with van der Waals surface area (Å²) < 4.78 is 2.30. The number of carboxylic acids is 1. The maximum absolute atomic E-state index is 10.8. The molecule has 2 aromatic rings. The molecule has 0 aliphatic heterocycles. The van der Waals surface area contributed by atoms with Gasteiger partial charge in [-0.15, -0.1) is 21.5 Å². The Bertz CT molecular complexity index is 688. The molecule has 8 heteroatoms. The summed E-state index contributed by atoms with van der Waals surface area (Å²) in [4.78, 5) is 15.0. The first-order valence-electron chi connectivity index (χ1n) is 6.97. The van der Waals surface area contributed by atoms with Gasteiger partial charge in [-0.1, -0.05) is 11.8 Å². The minimum atomic E-state index is -0.964. The normalized spacial score (nSPS) is 18.1. The molecule has 6 nitrogen and oxygen atoms in total. The van der Waals surface area contributed by atoms with Crippen molar-refractivity contribution in [2.45, 2.75) is 48.6 Å². The maximum atomic E-state index is 10.8. The van der Waals surface area contributed by atoms with Gasteiger partial charge in [0.05, 0.1) is 5.69 Å². The minimum Gasteiger partial charge on any atom is -0.476 e. The molecule has 110 valence electrons. The lowest BCUT2D eigenvalue weighted by Crippen LogP contribution is -2.02. The predicted octanol–water partition coefficient (Wildman–Crippen LogP) is 2.94. The number of thioether (sulfide) groups is 1. The number of rotatable bonds is 6. The van der Waals surface area contributed by atoms with Gasteiger partial charge in [-0.05, 0) is 25.7 Å². The molecule has 2 aliphatic carbocycles. The van der Waals surface area contributed by atoms with Crippen molar-refractivity contribution in [2.24, 2.45) is 0 Å². The number of hydrogen-bond donors (Lipinski definition) is 1. The smallest absolute Gasteiger partial charge is 0.365 e. The molecule has 2 saturated carbocycles. The van der Waals surface area contributed by atoms with Crippen LogP contribution in [0.2, 0.25) is 0 Å². The number of aromatic nitrogens is 4. The van der Waals surface area contributed by atoms with Gasteiger partial charge >= 0.3 is 5.97 Å². The Balaban J connectivity index is 1.50. The molecule has 0 amide bonds. The van der Waals surface area contributed by atoms with E-state index in [4.69, 9.17) is 5.11 Å². The molecular weight excluding hydrogens is 308 g/mol. The van der Waals surface area contributed by atoms with E-state index in [1.54, 1.807) is 17.1 Å². The van der Waals surface area contributed by atoms with Crippen molar-refractivity contribution in [3.8, 4) is 0 Å². The first-order chi connectivity index (χ1) is 10.2. The van der Waals surface area contributed by atoms with Crippen LogP contribution >= 0.6 is 23.1 Å². The van der Waals surface area contributed by atoms with Crippen LogP contribution in [0.5, 0.6) is 0 Å². The molecule has 0 aromatic carbocycles. The third-order valence-corrected chi connectivity index (χ3v) is 5.49. The molecule has 0 radical (unpaired) electrons. The Morgan fingerprint density at radius 3 is 2.81 bits per heavy atom. The molecule has 1 N–H and O–H groups in total. The number of thiazole rings is 1. The first-order valence-corrected chi connectivity index (χ1v) is 8.84. The predicted molar refractivity (Wildman–Crippen MR) is 78.9 cm³/mol. The minimum absolute atomic E-state index is 0.146. The number of hydrogen-bond acceptors (Lipinski definition) is 6. The van der Waals surface area contributed by atoms with Gasteiger partial charge in [0.2, 0.25) is 5.01 Å². The van der Waals surface area contributed by atoms with E-state index < -0.39 is 5.97 Å². The molecule has 4 rings (SSSR count). The maximum Gasteiger partial charge on any atom is 0.365 e. The van der Waals surface area contributed by atoms with Gasteiger partial charge in [0.25, 0.3) is 0 Å². The van der Waals surface area contributed by atoms with Crippen LogP contribution in [0.15, 0.2) is 10.5 Å². The number of aromatic carboxylic acids is 1. The van der Waals surface area contributed by atoms with Crippen LogP contribution in [-0.2, 0) is 5.75 Å². The Labute approximate surface area is 129 Å². The van der Waals surface area contributed by atoms with Crippen LogP contribution in [-0.4, -0.2) is 30.8 Å². The SMILES string of the molecule is O=C(O)c1nc(CSc2nnc(C3CC3)n2C2CC2)cs1. The molecule has 21 heavy (non-hydrogen) atoms. The van der Waals surface area contributed by atoms with Gasteiger partial charge in [-0.3, -0.25) is 0 Å².